The van der Waals surface area contributed by atoms with Crippen LogP contribution >= 0.6 is 11.6 Å². The van der Waals surface area contributed by atoms with E-state index in [0.29, 0.717) is 18.1 Å². The molecule has 0 aliphatic carbocycles. The highest BCUT2D eigenvalue weighted by molar-refractivity contribution is 7.89. The average Bonchev–Trinajstić information content (AvgIpc) is 3.12. The Hall–Kier alpha value is -1.93. The van der Waals surface area contributed by atoms with E-state index in [1.165, 1.54) is 10.9 Å². The van der Waals surface area contributed by atoms with Crippen LogP contribution in [-0.2, 0) is 23.0 Å². The molecule has 8 heteroatoms. The van der Waals surface area contributed by atoms with Gasteiger partial charge in [-0.3, -0.25) is 0 Å². The van der Waals surface area contributed by atoms with Crippen molar-refractivity contribution in [3.05, 3.63) is 58.9 Å². The van der Waals surface area contributed by atoms with Gasteiger partial charge in [0.2, 0.25) is 10.0 Å². The van der Waals surface area contributed by atoms with Crippen LogP contribution in [0.5, 0.6) is 0 Å². The third-order valence-electron chi connectivity index (χ3n) is 5.87. The number of aryl methyl sites for hydroxylation is 2. The van der Waals surface area contributed by atoms with Crippen molar-refractivity contribution in [3.8, 4) is 0 Å². The molecule has 0 spiro atoms. The number of fused-ring (bicyclic) bond motifs is 1. The number of sulfonamides is 1. The first kappa shape index (κ1) is 21.3. The van der Waals surface area contributed by atoms with Gasteiger partial charge in [-0.2, -0.15) is 4.31 Å². The number of aromatic nitrogens is 2. The summed E-state index contributed by atoms with van der Waals surface area (Å²) < 4.78 is 29.7. The molecule has 0 unspecified atom stereocenters. The summed E-state index contributed by atoms with van der Waals surface area (Å²) in [6, 6.07) is 9.05. The van der Waals surface area contributed by atoms with Gasteiger partial charge in [-0.25, -0.2) is 13.4 Å². The summed E-state index contributed by atoms with van der Waals surface area (Å²) >= 11 is 6.14. The van der Waals surface area contributed by atoms with Crippen molar-refractivity contribution in [1.82, 2.24) is 18.8 Å². The van der Waals surface area contributed by atoms with E-state index in [1.54, 1.807) is 22.5 Å². The molecule has 1 aromatic carbocycles. The van der Waals surface area contributed by atoms with Gasteiger partial charge in [-0.05, 0) is 55.7 Å². The zero-order valence-corrected chi connectivity index (χ0v) is 19.0. The standard InChI is InChI=1S/C22H27ClN4O2S/c1-3-26-16-18(20-5-4-9-24-22(20)26)8-10-25-11-13-27(14-12-25)30(28,29)19-7-6-17(2)21(23)15-19/h4-7,9,15-16H,3,8,10-14H2,1-2H3. The maximum atomic E-state index is 13.0. The number of nitrogens with zero attached hydrogens (tertiary/aromatic N) is 4. The van der Waals surface area contributed by atoms with Crippen LogP contribution in [0.25, 0.3) is 11.0 Å². The Kier molecular flexibility index (Phi) is 6.16. The molecule has 0 atom stereocenters. The van der Waals surface area contributed by atoms with Crippen LogP contribution in [0, 0.1) is 6.92 Å². The van der Waals surface area contributed by atoms with Crippen molar-refractivity contribution in [2.75, 3.05) is 32.7 Å². The molecule has 1 aliphatic heterocycles. The first-order valence-electron chi connectivity index (χ1n) is 10.3. The van der Waals surface area contributed by atoms with Crippen molar-refractivity contribution in [1.29, 1.82) is 0 Å². The number of hydrogen-bond donors (Lipinski definition) is 0. The molecule has 6 nitrogen and oxygen atoms in total. The number of benzene rings is 1. The smallest absolute Gasteiger partial charge is 0.243 e. The first-order chi connectivity index (χ1) is 14.4. The molecule has 1 saturated heterocycles. The Morgan fingerprint density at radius 2 is 1.90 bits per heavy atom. The fraction of sp³-hybridized carbons (Fsp3) is 0.409. The van der Waals surface area contributed by atoms with E-state index in [9.17, 15) is 8.42 Å². The van der Waals surface area contributed by atoms with Gasteiger partial charge in [0.1, 0.15) is 5.65 Å². The predicted molar refractivity (Wildman–Crippen MR) is 120 cm³/mol. The Labute approximate surface area is 183 Å². The fourth-order valence-corrected chi connectivity index (χ4v) is 5.68. The van der Waals surface area contributed by atoms with Crippen molar-refractivity contribution < 1.29 is 8.42 Å². The van der Waals surface area contributed by atoms with E-state index in [-0.39, 0.29) is 4.90 Å². The lowest BCUT2D eigenvalue weighted by atomic mass is 10.1. The van der Waals surface area contributed by atoms with E-state index in [1.807, 2.05) is 19.2 Å². The summed E-state index contributed by atoms with van der Waals surface area (Å²) in [5.74, 6) is 0. The van der Waals surface area contributed by atoms with Gasteiger partial charge >= 0.3 is 0 Å². The van der Waals surface area contributed by atoms with Crippen LogP contribution in [0.15, 0.2) is 47.6 Å². The highest BCUT2D eigenvalue weighted by Crippen LogP contribution is 2.24. The quantitative estimate of drug-likeness (QED) is 0.580. The van der Waals surface area contributed by atoms with Crippen LogP contribution in [-0.4, -0.2) is 59.9 Å². The number of piperazine rings is 1. The molecule has 1 aliphatic rings. The zero-order valence-electron chi connectivity index (χ0n) is 17.4. The van der Waals surface area contributed by atoms with Gasteiger partial charge in [0.05, 0.1) is 4.90 Å². The normalized spacial score (nSPS) is 16.4. The number of rotatable bonds is 6. The summed E-state index contributed by atoms with van der Waals surface area (Å²) in [6.45, 7) is 8.23. The molecule has 0 bridgehead atoms. The summed E-state index contributed by atoms with van der Waals surface area (Å²) in [5, 5.41) is 1.69. The minimum atomic E-state index is -3.51. The molecule has 0 amide bonds. The van der Waals surface area contributed by atoms with Gasteiger partial charge < -0.3 is 9.47 Å². The monoisotopic (exact) mass is 446 g/mol. The minimum Gasteiger partial charge on any atom is -0.333 e. The van der Waals surface area contributed by atoms with Crippen LogP contribution in [0.1, 0.15) is 18.1 Å². The molecule has 3 heterocycles. The predicted octanol–water partition coefficient (Wildman–Crippen LogP) is 3.57. The molecule has 0 saturated carbocycles. The van der Waals surface area contributed by atoms with E-state index >= 15 is 0 Å². The summed E-state index contributed by atoms with van der Waals surface area (Å²) in [5.41, 5.74) is 3.20. The van der Waals surface area contributed by atoms with Gasteiger partial charge in [0.15, 0.2) is 0 Å². The SMILES string of the molecule is CCn1cc(CCN2CCN(S(=O)(=O)c3ccc(C)c(Cl)c3)CC2)c2cccnc21. The highest BCUT2D eigenvalue weighted by Gasteiger charge is 2.28. The van der Waals surface area contributed by atoms with Gasteiger partial charge in [-0.1, -0.05) is 17.7 Å². The van der Waals surface area contributed by atoms with Crippen LogP contribution in [0.4, 0.5) is 0 Å². The molecule has 2 aromatic heterocycles. The summed E-state index contributed by atoms with van der Waals surface area (Å²) in [4.78, 5) is 7.11. The van der Waals surface area contributed by atoms with Gasteiger partial charge in [-0.15, -0.1) is 0 Å². The maximum absolute atomic E-state index is 13.0. The molecule has 0 N–H and O–H groups in total. The number of hydrogen-bond acceptors (Lipinski definition) is 4. The Bertz CT molecular complexity index is 1150. The van der Waals surface area contributed by atoms with Crippen LogP contribution in [0.2, 0.25) is 5.02 Å². The lowest BCUT2D eigenvalue weighted by molar-refractivity contribution is 0.190. The van der Waals surface area contributed by atoms with Crippen LogP contribution < -0.4 is 0 Å². The van der Waals surface area contributed by atoms with E-state index in [2.05, 4.69) is 33.6 Å². The lowest BCUT2D eigenvalue weighted by Gasteiger charge is -2.34. The molecule has 4 rings (SSSR count). The second-order valence-corrected chi connectivity index (χ2v) is 10.1. The Morgan fingerprint density at radius 1 is 1.13 bits per heavy atom. The fourth-order valence-electron chi connectivity index (χ4n) is 3.99. The lowest BCUT2D eigenvalue weighted by Crippen LogP contribution is -2.49. The topological polar surface area (TPSA) is 58.4 Å². The summed E-state index contributed by atoms with van der Waals surface area (Å²) in [6.07, 6.45) is 4.95. The third kappa shape index (κ3) is 4.12. The van der Waals surface area contributed by atoms with Crippen LogP contribution in [0.3, 0.4) is 0 Å². The number of halogens is 1. The molecule has 3 aromatic rings. The Morgan fingerprint density at radius 3 is 2.60 bits per heavy atom. The zero-order chi connectivity index (χ0) is 21.3. The maximum Gasteiger partial charge on any atom is 0.243 e. The second-order valence-electron chi connectivity index (χ2n) is 7.72. The summed E-state index contributed by atoms with van der Waals surface area (Å²) in [7, 11) is -3.51. The van der Waals surface area contributed by atoms with E-state index < -0.39 is 10.0 Å². The van der Waals surface area contributed by atoms with Crippen molar-refractivity contribution >= 4 is 32.7 Å². The third-order valence-corrected chi connectivity index (χ3v) is 8.17. The molecular formula is C22H27ClN4O2S. The molecule has 30 heavy (non-hydrogen) atoms. The largest absolute Gasteiger partial charge is 0.333 e. The van der Waals surface area contributed by atoms with Crippen molar-refractivity contribution in [3.63, 3.8) is 0 Å². The molecule has 160 valence electrons. The van der Waals surface area contributed by atoms with Crippen molar-refractivity contribution in [2.45, 2.75) is 31.7 Å². The Balaban J connectivity index is 1.39. The first-order valence-corrected chi connectivity index (χ1v) is 12.1. The molecule has 1 fully saturated rings. The van der Waals surface area contributed by atoms with E-state index in [4.69, 9.17) is 11.6 Å². The molecular weight excluding hydrogens is 420 g/mol. The molecule has 0 radical (unpaired) electrons. The minimum absolute atomic E-state index is 0.270. The second kappa shape index (κ2) is 8.67. The van der Waals surface area contributed by atoms with Gasteiger partial charge in [0.25, 0.3) is 0 Å². The highest BCUT2D eigenvalue weighted by atomic mass is 35.5. The van der Waals surface area contributed by atoms with E-state index in [0.717, 1.165) is 43.8 Å². The average molecular weight is 447 g/mol. The van der Waals surface area contributed by atoms with Gasteiger partial charge in [0, 0.05) is 62.1 Å². The van der Waals surface area contributed by atoms with Crippen molar-refractivity contribution in [2.24, 2.45) is 0 Å². The number of pyridine rings is 1.